The van der Waals surface area contributed by atoms with Crippen molar-refractivity contribution in [3.8, 4) is 0 Å². The minimum atomic E-state index is -0.690. The first-order chi connectivity index (χ1) is 7.07. The molecule has 0 saturated heterocycles. The Hall–Kier alpha value is -0.890. The molecule has 0 fully saturated rings. The third-order valence-corrected chi connectivity index (χ3v) is 2.82. The van der Waals surface area contributed by atoms with Crippen LogP contribution in [-0.2, 0) is 0 Å². The SMILES string of the molecule is CCCC(C)C(O)c1cccc(C)c1F. The van der Waals surface area contributed by atoms with E-state index in [4.69, 9.17) is 0 Å². The van der Waals surface area contributed by atoms with Gasteiger partial charge in [-0.05, 0) is 24.8 Å². The highest BCUT2D eigenvalue weighted by molar-refractivity contribution is 5.26. The van der Waals surface area contributed by atoms with Gasteiger partial charge >= 0.3 is 0 Å². The van der Waals surface area contributed by atoms with Crippen molar-refractivity contribution in [2.24, 2.45) is 5.92 Å². The van der Waals surface area contributed by atoms with Gasteiger partial charge in [0.1, 0.15) is 5.82 Å². The van der Waals surface area contributed by atoms with E-state index in [0.717, 1.165) is 12.8 Å². The lowest BCUT2D eigenvalue weighted by Crippen LogP contribution is -2.11. The Labute approximate surface area is 90.9 Å². The Morgan fingerprint density at radius 3 is 2.67 bits per heavy atom. The standard InChI is InChI=1S/C13H19FO/c1-4-6-10(3)13(15)11-8-5-7-9(2)12(11)14/h5,7-8,10,13,15H,4,6H2,1-3H3. The van der Waals surface area contributed by atoms with Gasteiger partial charge in [0.2, 0.25) is 0 Å². The van der Waals surface area contributed by atoms with Crippen LogP contribution in [0.2, 0.25) is 0 Å². The average molecular weight is 210 g/mol. The number of aliphatic hydroxyl groups is 1. The summed E-state index contributed by atoms with van der Waals surface area (Å²) in [5.74, 6) is -0.167. The Morgan fingerprint density at radius 2 is 2.07 bits per heavy atom. The summed E-state index contributed by atoms with van der Waals surface area (Å²) >= 11 is 0. The number of aryl methyl sites for hydroxylation is 1. The zero-order valence-corrected chi connectivity index (χ0v) is 9.63. The summed E-state index contributed by atoms with van der Waals surface area (Å²) in [5.41, 5.74) is 1.02. The molecule has 0 heterocycles. The van der Waals surface area contributed by atoms with Crippen LogP contribution in [0.15, 0.2) is 18.2 Å². The van der Waals surface area contributed by atoms with E-state index in [9.17, 15) is 9.50 Å². The van der Waals surface area contributed by atoms with Crippen LogP contribution in [-0.4, -0.2) is 5.11 Å². The molecular formula is C13H19FO. The van der Waals surface area contributed by atoms with Gasteiger partial charge in [-0.2, -0.15) is 0 Å². The second-order valence-electron chi connectivity index (χ2n) is 4.19. The molecule has 1 rings (SSSR count). The molecule has 0 aliphatic carbocycles. The van der Waals surface area contributed by atoms with Gasteiger partial charge in [-0.3, -0.25) is 0 Å². The smallest absolute Gasteiger partial charge is 0.131 e. The van der Waals surface area contributed by atoms with E-state index < -0.39 is 6.10 Å². The van der Waals surface area contributed by atoms with Crippen molar-refractivity contribution in [2.45, 2.75) is 39.7 Å². The molecule has 1 aromatic rings. The number of aliphatic hydroxyl groups excluding tert-OH is 1. The van der Waals surface area contributed by atoms with Crippen molar-refractivity contribution >= 4 is 0 Å². The normalized spacial score (nSPS) is 15.0. The first-order valence-corrected chi connectivity index (χ1v) is 5.51. The molecule has 2 heteroatoms. The number of hydrogen-bond acceptors (Lipinski definition) is 1. The van der Waals surface area contributed by atoms with Crippen LogP contribution in [0.1, 0.15) is 43.9 Å². The number of rotatable bonds is 4. The van der Waals surface area contributed by atoms with Gasteiger partial charge in [0, 0.05) is 5.56 Å². The van der Waals surface area contributed by atoms with Crippen molar-refractivity contribution in [2.75, 3.05) is 0 Å². The van der Waals surface area contributed by atoms with Gasteiger partial charge in [0.25, 0.3) is 0 Å². The van der Waals surface area contributed by atoms with Gasteiger partial charge in [-0.25, -0.2) is 4.39 Å². The monoisotopic (exact) mass is 210 g/mol. The zero-order chi connectivity index (χ0) is 11.4. The lowest BCUT2D eigenvalue weighted by atomic mass is 9.92. The molecule has 0 spiro atoms. The molecule has 84 valence electrons. The van der Waals surface area contributed by atoms with Crippen LogP contribution in [0.25, 0.3) is 0 Å². The summed E-state index contributed by atoms with van der Waals surface area (Å²) in [6, 6.07) is 5.17. The number of halogens is 1. The van der Waals surface area contributed by atoms with E-state index in [1.807, 2.05) is 6.92 Å². The molecule has 2 atom stereocenters. The second-order valence-corrected chi connectivity index (χ2v) is 4.19. The van der Waals surface area contributed by atoms with E-state index in [2.05, 4.69) is 6.92 Å². The van der Waals surface area contributed by atoms with Crippen molar-refractivity contribution in [1.82, 2.24) is 0 Å². The molecule has 0 radical (unpaired) electrons. The molecule has 0 bridgehead atoms. The van der Waals surface area contributed by atoms with Crippen LogP contribution in [0.3, 0.4) is 0 Å². The van der Waals surface area contributed by atoms with Crippen LogP contribution < -0.4 is 0 Å². The Balaban J connectivity index is 2.90. The molecule has 0 aliphatic rings. The predicted molar refractivity (Wildman–Crippen MR) is 60.2 cm³/mol. The Kier molecular flexibility index (Phi) is 4.28. The minimum absolute atomic E-state index is 0.103. The highest BCUT2D eigenvalue weighted by Gasteiger charge is 2.19. The fraction of sp³-hybridized carbons (Fsp3) is 0.538. The van der Waals surface area contributed by atoms with Gasteiger partial charge in [0.15, 0.2) is 0 Å². The van der Waals surface area contributed by atoms with Crippen LogP contribution in [0.5, 0.6) is 0 Å². The molecule has 0 aliphatic heterocycles. The van der Waals surface area contributed by atoms with Crippen molar-refractivity contribution in [3.63, 3.8) is 0 Å². The van der Waals surface area contributed by atoms with Gasteiger partial charge in [-0.1, -0.05) is 38.5 Å². The molecule has 2 unspecified atom stereocenters. The third kappa shape index (κ3) is 2.78. The van der Waals surface area contributed by atoms with Crippen LogP contribution in [0, 0.1) is 18.7 Å². The minimum Gasteiger partial charge on any atom is -0.388 e. The largest absolute Gasteiger partial charge is 0.388 e. The van der Waals surface area contributed by atoms with E-state index in [0.29, 0.717) is 11.1 Å². The summed E-state index contributed by atoms with van der Waals surface area (Å²) in [6.45, 7) is 5.74. The number of benzene rings is 1. The highest BCUT2D eigenvalue weighted by Crippen LogP contribution is 2.28. The van der Waals surface area contributed by atoms with E-state index >= 15 is 0 Å². The lowest BCUT2D eigenvalue weighted by Gasteiger charge is -2.19. The molecule has 15 heavy (non-hydrogen) atoms. The fourth-order valence-electron chi connectivity index (χ4n) is 1.82. The second kappa shape index (κ2) is 5.26. The lowest BCUT2D eigenvalue weighted by molar-refractivity contribution is 0.108. The summed E-state index contributed by atoms with van der Waals surface area (Å²) in [5, 5.41) is 9.99. The molecule has 1 aromatic carbocycles. The maximum atomic E-state index is 13.7. The zero-order valence-electron chi connectivity index (χ0n) is 9.63. The topological polar surface area (TPSA) is 20.2 Å². The molecule has 0 saturated carbocycles. The van der Waals surface area contributed by atoms with Gasteiger partial charge in [0.05, 0.1) is 6.10 Å². The molecule has 0 aromatic heterocycles. The first kappa shape index (κ1) is 12.2. The summed E-state index contributed by atoms with van der Waals surface area (Å²) in [7, 11) is 0. The summed E-state index contributed by atoms with van der Waals surface area (Å²) in [6.07, 6.45) is 1.23. The first-order valence-electron chi connectivity index (χ1n) is 5.51. The summed E-state index contributed by atoms with van der Waals surface area (Å²) in [4.78, 5) is 0. The third-order valence-electron chi connectivity index (χ3n) is 2.82. The highest BCUT2D eigenvalue weighted by atomic mass is 19.1. The molecule has 1 nitrogen and oxygen atoms in total. The quantitative estimate of drug-likeness (QED) is 0.805. The number of hydrogen-bond donors (Lipinski definition) is 1. The summed E-state index contributed by atoms with van der Waals surface area (Å²) < 4.78 is 13.7. The molecule has 1 N–H and O–H groups in total. The maximum Gasteiger partial charge on any atom is 0.131 e. The van der Waals surface area contributed by atoms with Gasteiger partial charge in [-0.15, -0.1) is 0 Å². The van der Waals surface area contributed by atoms with Gasteiger partial charge < -0.3 is 5.11 Å². The van der Waals surface area contributed by atoms with Crippen molar-refractivity contribution < 1.29 is 9.50 Å². The van der Waals surface area contributed by atoms with Crippen LogP contribution in [0.4, 0.5) is 4.39 Å². The van der Waals surface area contributed by atoms with E-state index in [1.165, 1.54) is 0 Å². The van der Waals surface area contributed by atoms with E-state index in [1.54, 1.807) is 25.1 Å². The maximum absolute atomic E-state index is 13.7. The fourth-order valence-corrected chi connectivity index (χ4v) is 1.82. The van der Waals surface area contributed by atoms with E-state index in [-0.39, 0.29) is 11.7 Å². The molecular weight excluding hydrogens is 191 g/mol. The Bertz CT molecular complexity index is 322. The van der Waals surface area contributed by atoms with Crippen LogP contribution >= 0.6 is 0 Å². The molecule has 0 amide bonds. The predicted octanol–water partition coefficient (Wildman–Crippen LogP) is 3.60. The van der Waals surface area contributed by atoms with Crippen molar-refractivity contribution in [3.05, 3.63) is 35.1 Å². The Morgan fingerprint density at radius 1 is 1.40 bits per heavy atom. The van der Waals surface area contributed by atoms with Crippen molar-refractivity contribution in [1.29, 1.82) is 0 Å². The average Bonchev–Trinajstić information content (AvgIpc) is 2.21.